The van der Waals surface area contributed by atoms with Gasteiger partial charge in [0.15, 0.2) is 0 Å². The monoisotopic (exact) mass is 262 g/mol. The number of nitrogens with two attached hydrogens (primary N) is 1. The van der Waals surface area contributed by atoms with Gasteiger partial charge in [-0.15, -0.1) is 0 Å². The van der Waals surface area contributed by atoms with Gasteiger partial charge in [0.05, 0.1) is 12.1 Å². The Morgan fingerprint density at radius 1 is 1.47 bits per heavy atom. The van der Waals surface area contributed by atoms with Crippen LogP contribution in [0.3, 0.4) is 0 Å². The Morgan fingerprint density at radius 2 is 2.16 bits per heavy atom. The first kappa shape index (κ1) is 14.0. The number of hydrogen-bond donors (Lipinski definition) is 2. The molecule has 4 heteroatoms. The van der Waals surface area contributed by atoms with Crippen molar-refractivity contribution in [2.75, 3.05) is 6.61 Å². The molecule has 19 heavy (non-hydrogen) atoms. The van der Waals surface area contributed by atoms with Crippen LogP contribution in [0.4, 0.5) is 0 Å². The summed E-state index contributed by atoms with van der Waals surface area (Å²) in [7, 11) is 0. The molecular formula is C15H22N2O2. The summed E-state index contributed by atoms with van der Waals surface area (Å²) in [5.74, 6) is -0.165. The molecule has 1 heterocycles. The lowest BCUT2D eigenvalue weighted by Crippen LogP contribution is -2.53. The second kappa shape index (κ2) is 5.72. The van der Waals surface area contributed by atoms with E-state index in [1.54, 1.807) is 6.92 Å². The highest BCUT2D eigenvalue weighted by Crippen LogP contribution is 2.20. The van der Waals surface area contributed by atoms with Gasteiger partial charge in [0.2, 0.25) is 5.91 Å². The van der Waals surface area contributed by atoms with Gasteiger partial charge in [0.1, 0.15) is 5.54 Å². The van der Waals surface area contributed by atoms with E-state index in [1.807, 2.05) is 37.3 Å². The summed E-state index contributed by atoms with van der Waals surface area (Å²) in [6.07, 6.45) is 2.16. The van der Waals surface area contributed by atoms with Crippen molar-refractivity contribution in [3.05, 3.63) is 35.9 Å². The van der Waals surface area contributed by atoms with Crippen LogP contribution in [-0.2, 0) is 15.1 Å². The lowest BCUT2D eigenvalue weighted by Gasteiger charge is -2.28. The average Bonchev–Trinajstić information content (AvgIpc) is 2.93. The van der Waals surface area contributed by atoms with Crippen LogP contribution in [0.15, 0.2) is 30.3 Å². The molecule has 1 aromatic rings. The van der Waals surface area contributed by atoms with Crippen molar-refractivity contribution >= 4 is 5.91 Å². The first-order valence-corrected chi connectivity index (χ1v) is 6.79. The van der Waals surface area contributed by atoms with Crippen molar-refractivity contribution in [2.45, 2.75) is 44.4 Å². The Hall–Kier alpha value is -1.39. The number of hydrogen-bond acceptors (Lipinski definition) is 3. The highest BCUT2D eigenvalue weighted by atomic mass is 16.5. The molecule has 1 fully saturated rings. The molecule has 3 N–H and O–H groups in total. The van der Waals surface area contributed by atoms with Crippen LogP contribution in [0.25, 0.3) is 0 Å². The molecule has 0 saturated carbocycles. The summed E-state index contributed by atoms with van der Waals surface area (Å²) in [5.41, 5.74) is 5.97. The summed E-state index contributed by atoms with van der Waals surface area (Å²) in [6, 6.07) is 9.41. The van der Waals surface area contributed by atoms with Crippen LogP contribution in [0.1, 0.15) is 32.3 Å². The Labute approximate surface area is 114 Å². The number of rotatable bonds is 4. The molecule has 3 unspecified atom stereocenters. The quantitative estimate of drug-likeness (QED) is 0.865. The number of amides is 1. The van der Waals surface area contributed by atoms with E-state index in [4.69, 9.17) is 10.5 Å². The standard InChI is InChI=1S/C15H22N2O2/c1-11(13-9-6-10-19-13)17-14(18)15(2,16)12-7-4-3-5-8-12/h3-5,7-8,11,13H,6,9-10,16H2,1-2H3,(H,17,18). The Bertz CT molecular complexity index is 425. The molecule has 2 rings (SSSR count). The van der Waals surface area contributed by atoms with Crippen molar-refractivity contribution in [2.24, 2.45) is 5.73 Å². The van der Waals surface area contributed by atoms with E-state index in [0.717, 1.165) is 25.0 Å². The van der Waals surface area contributed by atoms with E-state index in [-0.39, 0.29) is 18.1 Å². The zero-order chi connectivity index (χ0) is 13.9. The second-order valence-electron chi connectivity index (χ2n) is 5.38. The SMILES string of the molecule is CC(NC(=O)C(C)(N)c1ccccc1)C1CCCO1. The van der Waals surface area contributed by atoms with E-state index >= 15 is 0 Å². The van der Waals surface area contributed by atoms with E-state index in [0.29, 0.717) is 0 Å². The van der Waals surface area contributed by atoms with Gasteiger partial charge in [-0.25, -0.2) is 0 Å². The van der Waals surface area contributed by atoms with Crippen LogP contribution in [0.2, 0.25) is 0 Å². The van der Waals surface area contributed by atoms with Crippen LogP contribution >= 0.6 is 0 Å². The summed E-state index contributed by atoms with van der Waals surface area (Å²) in [6.45, 7) is 4.48. The van der Waals surface area contributed by atoms with Crippen molar-refractivity contribution in [3.63, 3.8) is 0 Å². The molecule has 3 atom stereocenters. The van der Waals surface area contributed by atoms with Gasteiger partial charge in [-0.3, -0.25) is 4.79 Å². The summed E-state index contributed by atoms with van der Waals surface area (Å²) >= 11 is 0. The van der Waals surface area contributed by atoms with Crippen molar-refractivity contribution in [1.82, 2.24) is 5.32 Å². The van der Waals surface area contributed by atoms with E-state index in [2.05, 4.69) is 5.32 Å². The molecule has 0 aliphatic carbocycles. The minimum atomic E-state index is -1.02. The number of carbonyl (C=O) groups excluding carboxylic acids is 1. The van der Waals surface area contributed by atoms with Crippen molar-refractivity contribution in [1.29, 1.82) is 0 Å². The van der Waals surface area contributed by atoms with Gasteiger partial charge >= 0.3 is 0 Å². The summed E-state index contributed by atoms with van der Waals surface area (Å²) < 4.78 is 5.58. The smallest absolute Gasteiger partial charge is 0.244 e. The lowest BCUT2D eigenvalue weighted by atomic mass is 9.92. The largest absolute Gasteiger partial charge is 0.376 e. The third-order valence-electron chi connectivity index (χ3n) is 3.73. The van der Waals surface area contributed by atoms with E-state index in [1.165, 1.54) is 0 Å². The highest BCUT2D eigenvalue weighted by Gasteiger charge is 2.33. The molecule has 1 amide bonds. The van der Waals surface area contributed by atoms with Gasteiger partial charge in [0, 0.05) is 6.61 Å². The number of ether oxygens (including phenoxy) is 1. The minimum Gasteiger partial charge on any atom is -0.376 e. The van der Waals surface area contributed by atoms with E-state index < -0.39 is 5.54 Å². The van der Waals surface area contributed by atoms with Crippen molar-refractivity contribution in [3.8, 4) is 0 Å². The highest BCUT2D eigenvalue weighted by molar-refractivity contribution is 5.87. The Balaban J connectivity index is 2.02. The van der Waals surface area contributed by atoms with Gasteiger partial charge in [0.25, 0.3) is 0 Å². The fraction of sp³-hybridized carbons (Fsp3) is 0.533. The number of benzene rings is 1. The topological polar surface area (TPSA) is 64.4 Å². The van der Waals surface area contributed by atoms with Gasteiger partial charge < -0.3 is 15.8 Å². The molecule has 0 aromatic heterocycles. The van der Waals surface area contributed by atoms with Crippen LogP contribution in [-0.4, -0.2) is 24.7 Å². The zero-order valence-electron chi connectivity index (χ0n) is 11.6. The van der Waals surface area contributed by atoms with Crippen LogP contribution in [0, 0.1) is 0 Å². The number of carbonyl (C=O) groups is 1. The predicted octanol–water partition coefficient (Wildman–Crippen LogP) is 1.54. The Morgan fingerprint density at radius 3 is 2.74 bits per heavy atom. The summed E-state index contributed by atoms with van der Waals surface area (Å²) in [5, 5.41) is 2.97. The maximum Gasteiger partial charge on any atom is 0.244 e. The molecule has 1 aromatic carbocycles. The zero-order valence-corrected chi connectivity index (χ0v) is 11.6. The van der Waals surface area contributed by atoms with Gasteiger partial charge in [-0.2, -0.15) is 0 Å². The molecule has 0 bridgehead atoms. The Kier molecular flexibility index (Phi) is 4.22. The number of nitrogens with one attached hydrogen (secondary N) is 1. The third kappa shape index (κ3) is 3.14. The van der Waals surface area contributed by atoms with Gasteiger partial charge in [-0.05, 0) is 32.3 Å². The molecule has 0 radical (unpaired) electrons. The minimum absolute atomic E-state index is 0.0124. The maximum atomic E-state index is 12.3. The molecule has 1 aliphatic rings. The normalized spacial score (nSPS) is 23.6. The predicted molar refractivity (Wildman–Crippen MR) is 74.6 cm³/mol. The second-order valence-corrected chi connectivity index (χ2v) is 5.38. The molecule has 0 spiro atoms. The first-order valence-electron chi connectivity index (χ1n) is 6.79. The average molecular weight is 262 g/mol. The maximum absolute atomic E-state index is 12.3. The fourth-order valence-corrected chi connectivity index (χ4v) is 2.36. The lowest BCUT2D eigenvalue weighted by molar-refractivity contribution is -0.127. The van der Waals surface area contributed by atoms with E-state index in [9.17, 15) is 4.79 Å². The fourth-order valence-electron chi connectivity index (χ4n) is 2.36. The van der Waals surface area contributed by atoms with Crippen LogP contribution in [0.5, 0.6) is 0 Å². The molecular weight excluding hydrogens is 240 g/mol. The molecule has 104 valence electrons. The van der Waals surface area contributed by atoms with Gasteiger partial charge in [-0.1, -0.05) is 30.3 Å². The van der Waals surface area contributed by atoms with Crippen LogP contribution < -0.4 is 11.1 Å². The first-order chi connectivity index (χ1) is 9.01. The molecule has 4 nitrogen and oxygen atoms in total. The molecule has 1 aliphatic heterocycles. The van der Waals surface area contributed by atoms with Crippen molar-refractivity contribution < 1.29 is 9.53 Å². The third-order valence-corrected chi connectivity index (χ3v) is 3.73. The summed E-state index contributed by atoms with van der Waals surface area (Å²) in [4.78, 5) is 12.3. The molecule has 1 saturated heterocycles.